The number of rotatable bonds is 4. The minimum absolute atomic E-state index is 0.0912. The molecule has 1 fully saturated rings. The molecule has 0 spiro atoms. The summed E-state index contributed by atoms with van der Waals surface area (Å²) >= 11 is 6.71. The van der Waals surface area contributed by atoms with Crippen LogP contribution in [0.2, 0.25) is 5.02 Å². The van der Waals surface area contributed by atoms with Crippen LogP contribution < -0.4 is 11.1 Å². The molecule has 202 valence electrons. The Morgan fingerprint density at radius 3 is 2.67 bits per heavy atom. The highest BCUT2D eigenvalue weighted by atomic mass is 35.5. The number of fused-ring (bicyclic) bond motifs is 1. The molecule has 0 bridgehead atoms. The molecule has 0 aliphatic carbocycles. The van der Waals surface area contributed by atoms with Gasteiger partial charge in [-0.25, -0.2) is 14.8 Å². The van der Waals surface area contributed by atoms with Crippen LogP contribution in [0.4, 0.5) is 16.4 Å². The van der Waals surface area contributed by atoms with Gasteiger partial charge in [0, 0.05) is 36.6 Å². The Morgan fingerprint density at radius 1 is 1.13 bits per heavy atom. The predicted octanol–water partition coefficient (Wildman–Crippen LogP) is 5.55. The molecule has 2 amide bonds. The van der Waals surface area contributed by atoms with Crippen LogP contribution in [0.5, 0.6) is 0 Å². The molecule has 3 N–H and O–H groups in total. The normalized spacial score (nSPS) is 15.8. The van der Waals surface area contributed by atoms with Crippen LogP contribution in [0.1, 0.15) is 50.0 Å². The molecule has 1 aliphatic heterocycles. The van der Waals surface area contributed by atoms with Gasteiger partial charge in [0.05, 0.1) is 22.0 Å². The average Bonchev–Trinajstić information content (AvgIpc) is 3.29. The molecule has 3 aromatic heterocycles. The average molecular weight is 548 g/mol. The number of likely N-dealkylation sites (tertiary alicyclic amines) is 1. The van der Waals surface area contributed by atoms with E-state index in [9.17, 15) is 9.59 Å². The van der Waals surface area contributed by atoms with E-state index in [1.165, 1.54) is 0 Å². The van der Waals surface area contributed by atoms with Gasteiger partial charge in [-0.15, -0.1) is 0 Å². The summed E-state index contributed by atoms with van der Waals surface area (Å²) in [6.07, 6.45) is 4.54. The SMILES string of the molecule is CC(C)(C)OC(=O)N1CCC[C@@H](n2nc(-c3ccc(C(=O)Nc4ccccn4)cc3Cl)c3c(N)nccc32)C1. The lowest BCUT2D eigenvalue weighted by atomic mass is 10.0. The summed E-state index contributed by atoms with van der Waals surface area (Å²) in [6, 6.07) is 12.1. The van der Waals surface area contributed by atoms with Gasteiger partial charge in [0.15, 0.2) is 0 Å². The van der Waals surface area contributed by atoms with Gasteiger partial charge in [0.25, 0.3) is 5.91 Å². The van der Waals surface area contributed by atoms with Crippen LogP contribution in [0, 0.1) is 0 Å². The number of hydrogen-bond donors (Lipinski definition) is 2. The lowest BCUT2D eigenvalue weighted by molar-refractivity contribution is 0.0169. The predicted molar refractivity (Wildman–Crippen MR) is 151 cm³/mol. The van der Waals surface area contributed by atoms with Crippen molar-refractivity contribution in [2.24, 2.45) is 0 Å². The smallest absolute Gasteiger partial charge is 0.410 e. The van der Waals surface area contributed by atoms with Crippen molar-refractivity contribution in [2.45, 2.75) is 45.3 Å². The largest absolute Gasteiger partial charge is 0.444 e. The first-order valence-electron chi connectivity index (χ1n) is 12.7. The maximum absolute atomic E-state index is 12.8. The molecule has 1 aliphatic rings. The summed E-state index contributed by atoms with van der Waals surface area (Å²) in [5, 5.41) is 8.71. The second kappa shape index (κ2) is 10.5. The van der Waals surface area contributed by atoms with Crippen LogP contribution in [0.3, 0.4) is 0 Å². The third kappa shape index (κ3) is 5.65. The molecule has 4 heterocycles. The third-order valence-corrected chi connectivity index (χ3v) is 6.75. The fourth-order valence-electron chi connectivity index (χ4n) is 4.70. The highest BCUT2D eigenvalue weighted by Crippen LogP contribution is 2.38. The van der Waals surface area contributed by atoms with E-state index in [2.05, 4.69) is 15.3 Å². The zero-order valence-corrected chi connectivity index (χ0v) is 22.8. The number of nitrogen functional groups attached to an aromatic ring is 1. The van der Waals surface area contributed by atoms with E-state index >= 15 is 0 Å². The van der Waals surface area contributed by atoms with Gasteiger partial charge >= 0.3 is 6.09 Å². The number of hydrogen-bond acceptors (Lipinski definition) is 7. The summed E-state index contributed by atoms with van der Waals surface area (Å²) in [4.78, 5) is 35.7. The fraction of sp³-hybridized carbons (Fsp3) is 0.321. The van der Waals surface area contributed by atoms with Crippen LogP contribution in [-0.4, -0.2) is 55.3 Å². The Labute approximate surface area is 231 Å². The molecule has 11 heteroatoms. The van der Waals surface area contributed by atoms with Crippen molar-refractivity contribution < 1.29 is 14.3 Å². The quantitative estimate of drug-likeness (QED) is 0.342. The molecule has 4 aromatic rings. The summed E-state index contributed by atoms with van der Waals surface area (Å²) < 4.78 is 7.50. The number of benzene rings is 1. The van der Waals surface area contributed by atoms with E-state index in [0.29, 0.717) is 52.0 Å². The Kier molecular flexibility index (Phi) is 7.14. The number of nitrogens with one attached hydrogen (secondary N) is 1. The summed E-state index contributed by atoms with van der Waals surface area (Å²) in [5.41, 5.74) is 8.11. The van der Waals surface area contributed by atoms with Gasteiger partial charge in [-0.05, 0) is 63.9 Å². The van der Waals surface area contributed by atoms with Gasteiger partial charge in [0.1, 0.15) is 22.9 Å². The van der Waals surface area contributed by atoms with E-state index in [4.69, 9.17) is 27.2 Å². The van der Waals surface area contributed by atoms with Crippen molar-refractivity contribution in [3.8, 4) is 11.3 Å². The molecule has 0 saturated carbocycles. The van der Waals surface area contributed by atoms with Gasteiger partial charge in [0.2, 0.25) is 0 Å². The Hall–Kier alpha value is -4.18. The summed E-state index contributed by atoms with van der Waals surface area (Å²) in [6.45, 7) is 6.63. The molecule has 5 rings (SSSR count). The number of piperidine rings is 1. The Morgan fingerprint density at radius 2 is 1.95 bits per heavy atom. The zero-order chi connectivity index (χ0) is 27.7. The first kappa shape index (κ1) is 26.4. The number of halogens is 1. The molecular formula is C28H30ClN7O3. The molecule has 1 aromatic carbocycles. The first-order valence-corrected chi connectivity index (χ1v) is 13.1. The molecule has 0 radical (unpaired) electrons. The van der Waals surface area contributed by atoms with Crippen LogP contribution >= 0.6 is 11.6 Å². The second-order valence-corrected chi connectivity index (χ2v) is 10.9. The summed E-state index contributed by atoms with van der Waals surface area (Å²) in [7, 11) is 0. The minimum Gasteiger partial charge on any atom is -0.444 e. The van der Waals surface area contributed by atoms with Crippen molar-refractivity contribution in [2.75, 3.05) is 24.1 Å². The first-order chi connectivity index (χ1) is 18.6. The van der Waals surface area contributed by atoms with Gasteiger partial charge < -0.3 is 20.7 Å². The number of nitrogens with zero attached hydrogens (tertiary/aromatic N) is 5. The van der Waals surface area contributed by atoms with Crippen molar-refractivity contribution >= 4 is 46.1 Å². The lowest BCUT2D eigenvalue weighted by Gasteiger charge is -2.34. The number of carbonyl (C=O) groups excluding carboxylic acids is 2. The van der Waals surface area contributed by atoms with E-state index in [1.54, 1.807) is 53.7 Å². The highest BCUT2D eigenvalue weighted by Gasteiger charge is 2.31. The van der Waals surface area contributed by atoms with Gasteiger partial charge in [-0.1, -0.05) is 23.7 Å². The molecule has 39 heavy (non-hydrogen) atoms. The third-order valence-electron chi connectivity index (χ3n) is 6.44. The number of nitrogens with two attached hydrogens (primary N) is 1. The number of ether oxygens (including phenoxy) is 1. The second-order valence-electron chi connectivity index (χ2n) is 10.5. The van der Waals surface area contributed by atoms with Crippen molar-refractivity contribution in [1.82, 2.24) is 24.6 Å². The molecule has 0 unspecified atom stereocenters. The van der Waals surface area contributed by atoms with E-state index in [-0.39, 0.29) is 18.0 Å². The van der Waals surface area contributed by atoms with Crippen molar-refractivity contribution in [3.63, 3.8) is 0 Å². The number of anilines is 2. The Bertz CT molecular complexity index is 1530. The molecular weight excluding hydrogens is 518 g/mol. The summed E-state index contributed by atoms with van der Waals surface area (Å²) in [5.74, 6) is 0.434. The van der Waals surface area contributed by atoms with Crippen molar-refractivity contribution in [1.29, 1.82) is 0 Å². The maximum Gasteiger partial charge on any atom is 0.410 e. The van der Waals surface area contributed by atoms with E-state index in [1.807, 2.05) is 31.5 Å². The topological polar surface area (TPSA) is 128 Å². The van der Waals surface area contributed by atoms with E-state index in [0.717, 1.165) is 18.4 Å². The number of carbonyl (C=O) groups is 2. The number of pyridine rings is 2. The molecule has 1 saturated heterocycles. The maximum atomic E-state index is 12.8. The molecule has 10 nitrogen and oxygen atoms in total. The lowest BCUT2D eigenvalue weighted by Crippen LogP contribution is -2.43. The van der Waals surface area contributed by atoms with Crippen molar-refractivity contribution in [3.05, 3.63) is 65.4 Å². The number of aromatic nitrogens is 4. The molecule has 1 atom stereocenters. The van der Waals surface area contributed by atoms with Gasteiger partial charge in [-0.2, -0.15) is 5.10 Å². The van der Waals surface area contributed by atoms with Crippen LogP contribution in [0.25, 0.3) is 22.2 Å². The Balaban J connectivity index is 1.47. The number of amides is 2. The van der Waals surface area contributed by atoms with E-state index < -0.39 is 5.60 Å². The fourth-order valence-corrected chi connectivity index (χ4v) is 4.97. The van der Waals surface area contributed by atoms with Crippen LogP contribution in [0.15, 0.2) is 54.9 Å². The highest BCUT2D eigenvalue weighted by molar-refractivity contribution is 6.34. The standard InChI is InChI=1S/C28H30ClN7O3/c1-28(2,3)39-27(38)35-14-6-7-18(16-35)36-21-11-13-32-25(30)23(21)24(34-36)19-10-9-17(15-20(19)29)26(37)33-22-8-4-5-12-31-22/h4-5,8-13,15,18H,6-7,14,16H2,1-3H3,(H2,30,32)(H,31,33,37)/t18-/m1/s1. The zero-order valence-electron chi connectivity index (χ0n) is 22.0. The van der Waals surface area contributed by atoms with Crippen LogP contribution in [-0.2, 0) is 4.74 Å². The minimum atomic E-state index is -0.576. The van der Waals surface area contributed by atoms with Gasteiger partial charge in [-0.3, -0.25) is 9.48 Å². The monoisotopic (exact) mass is 547 g/mol.